The number of halogens is 2. The zero-order valence-corrected chi connectivity index (χ0v) is 18.7. The maximum absolute atomic E-state index is 12.9. The Morgan fingerprint density at radius 3 is 2.70 bits per heavy atom. The quantitative estimate of drug-likeness (QED) is 0.358. The van der Waals surface area contributed by atoms with Crippen molar-refractivity contribution in [2.45, 2.75) is 13.3 Å². The van der Waals surface area contributed by atoms with Gasteiger partial charge in [0, 0.05) is 10.9 Å². The van der Waals surface area contributed by atoms with Crippen molar-refractivity contribution >= 4 is 55.6 Å². The molecule has 27 heavy (non-hydrogen) atoms. The molecule has 0 radical (unpaired) electrons. The highest BCUT2D eigenvalue weighted by atomic mass is 127. The molecule has 8 heteroatoms. The maximum atomic E-state index is 12.9. The Labute approximate surface area is 178 Å². The van der Waals surface area contributed by atoms with E-state index < -0.39 is 0 Å². The van der Waals surface area contributed by atoms with E-state index in [2.05, 4.69) is 48.6 Å². The van der Waals surface area contributed by atoms with Gasteiger partial charge in [-0.05, 0) is 58.5 Å². The summed E-state index contributed by atoms with van der Waals surface area (Å²) in [6.45, 7) is 1.94. The van der Waals surface area contributed by atoms with Crippen molar-refractivity contribution in [2.24, 2.45) is 5.10 Å². The lowest BCUT2D eigenvalue weighted by atomic mass is 10.2. The number of hydrogen-bond donors (Lipinski definition) is 0. The topological polar surface area (TPSA) is 65.7 Å². The minimum Gasteiger partial charge on any atom is -0.493 e. The summed E-state index contributed by atoms with van der Waals surface area (Å²) in [6.07, 6.45) is 2.21. The summed E-state index contributed by atoms with van der Waals surface area (Å²) in [5, 5.41) is 4.91. The number of methoxy groups -OCH3 is 2. The maximum Gasteiger partial charge on any atom is 0.282 e. The lowest BCUT2D eigenvalue weighted by Gasteiger charge is -2.11. The first-order valence-electron chi connectivity index (χ1n) is 8.15. The van der Waals surface area contributed by atoms with Crippen LogP contribution in [0.15, 0.2) is 44.7 Å². The van der Waals surface area contributed by atoms with Gasteiger partial charge in [-0.1, -0.05) is 22.9 Å². The zero-order valence-electron chi connectivity index (χ0n) is 15.0. The summed E-state index contributed by atoms with van der Waals surface area (Å²) in [4.78, 5) is 17.5. The molecule has 0 atom stereocenters. The molecule has 0 amide bonds. The highest BCUT2D eigenvalue weighted by Crippen LogP contribution is 2.33. The molecule has 0 fully saturated rings. The van der Waals surface area contributed by atoms with Gasteiger partial charge in [0.05, 0.1) is 34.9 Å². The molecule has 0 spiro atoms. The first-order chi connectivity index (χ1) is 13.0. The van der Waals surface area contributed by atoms with E-state index in [1.807, 2.05) is 31.2 Å². The van der Waals surface area contributed by atoms with E-state index in [-0.39, 0.29) is 5.56 Å². The summed E-state index contributed by atoms with van der Waals surface area (Å²) in [6, 6.07) is 9.17. The number of benzene rings is 2. The van der Waals surface area contributed by atoms with Gasteiger partial charge in [-0.15, -0.1) is 0 Å². The van der Waals surface area contributed by atoms with Gasteiger partial charge in [0.1, 0.15) is 5.82 Å². The highest BCUT2D eigenvalue weighted by molar-refractivity contribution is 14.1. The monoisotopic (exact) mass is 541 g/mol. The average Bonchev–Trinajstić information content (AvgIpc) is 2.66. The van der Waals surface area contributed by atoms with E-state index >= 15 is 0 Å². The second kappa shape index (κ2) is 8.39. The Morgan fingerprint density at radius 1 is 1.26 bits per heavy atom. The van der Waals surface area contributed by atoms with Crippen LogP contribution < -0.4 is 15.0 Å². The van der Waals surface area contributed by atoms with Crippen LogP contribution in [0.1, 0.15) is 18.3 Å². The third kappa shape index (κ3) is 4.01. The zero-order chi connectivity index (χ0) is 19.6. The normalized spacial score (nSPS) is 11.3. The van der Waals surface area contributed by atoms with Crippen LogP contribution >= 0.6 is 38.5 Å². The molecule has 0 aliphatic heterocycles. The average molecular weight is 542 g/mol. The molecule has 3 rings (SSSR count). The number of aromatic nitrogens is 2. The number of ether oxygens (including phenoxy) is 2. The molecule has 2 aromatic carbocycles. The van der Waals surface area contributed by atoms with Crippen LogP contribution in [0.25, 0.3) is 10.9 Å². The number of rotatable bonds is 5. The molecule has 3 aromatic rings. The van der Waals surface area contributed by atoms with E-state index in [1.165, 1.54) is 4.68 Å². The second-order valence-corrected chi connectivity index (χ2v) is 7.72. The van der Waals surface area contributed by atoms with Crippen LogP contribution in [0.4, 0.5) is 0 Å². The van der Waals surface area contributed by atoms with Crippen LogP contribution in [0.2, 0.25) is 0 Å². The third-order valence-corrected chi connectivity index (χ3v) is 5.26. The van der Waals surface area contributed by atoms with Gasteiger partial charge in [-0.3, -0.25) is 4.79 Å². The molecule has 0 unspecified atom stereocenters. The predicted molar refractivity (Wildman–Crippen MR) is 118 cm³/mol. The second-order valence-electron chi connectivity index (χ2n) is 5.64. The fourth-order valence-electron chi connectivity index (χ4n) is 2.68. The molecule has 0 saturated heterocycles. The van der Waals surface area contributed by atoms with Gasteiger partial charge in [0.2, 0.25) is 0 Å². The van der Waals surface area contributed by atoms with Crippen LogP contribution in [-0.2, 0) is 6.42 Å². The van der Waals surface area contributed by atoms with Crippen molar-refractivity contribution in [1.29, 1.82) is 0 Å². The highest BCUT2D eigenvalue weighted by Gasteiger charge is 2.11. The minimum atomic E-state index is -0.204. The summed E-state index contributed by atoms with van der Waals surface area (Å²) in [7, 11) is 3.18. The summed E-state index contributed by atoms with van der Waals surface area (Å²) in [5.41, 5.74) is 1.25. The largest absolute Gasteiger partial charge is 0.493 e. The molecule has 1 aromatic heterocycles. The number of nitrogens with zero attached hydrogens (tertiary/aromatic N) is 3. The first-order valence-corrected chi connectivity index (χ1v) is 10.0. The lowest BCUT2D eigenvalue weighted by Crippen LogP contribution is -2.22. The molecule has 0 aliphatic rings. The summed E-state index contributed by atoms with van der Waals surface area (Å²) < 4.78 is 13.8. The van der Waals surface area contributed by atoms with Gasteiger partial charge in [-0.2, -0.15) is 9.78 Å². The van der Waals surface area contributed by atoms with Crippen molar-refractivity contribution in [3.63, 3.8) is 0 Å². The molecular weight excluding hydrogens is 525 g/mol. The van der Waals surface area contributed by atoms with Crippen LogP contribution in [0, 0.1) is 3.57 Å². The van der Waals surface area contributed by atoms with Crippen LogP contribution in [0.5, 0.6) is 11.5 Å². The van der Waals surface area contributed by atoms with Crippen molar-refractivity contribution in [1.82, 2.24) is 9.66 Å². The van der Waals surface area contributed by atoms with Crippen molar-refractivity contribution in [2.75, 3.05) is 14.2 Å². The molecule has 6 nitrogen and oxygen atoms in total. The predicted octanol–water partition coefficient (Wildman–Crippen LogP) is 4.23. The molecular formula is C19H17BrIN3O3. The lowest BCUT2D eigenvalue weighted by molar-refractivity contribution is 0.353. The fraction of sp³-hybridized carbons (Fsp3) is 0.211. The molecule has 0 N–H and O–H groups in total. The van der Waals surface area contributed by atoms with E-state index in [0.717, 1.165) is 13.6 Å². The SMILES string of the molecule is CCc1nc2ccc(Br)cc2c(=O)n1N=Cc1cc(I)c(OC)c(OC)c1. The van der Waals surface area contributed by atoms with Crippen LogP contribution in [0.3, 0.4) is 0 Å². The molecule has 0 aliphatic carbocycles. The van der Waals surface area contributed by atoms with Crippen molar-refractivity contribution in [3.8, 4) is 11.5 Å². The van der Waals surface area contributed by atoms with E-state index in [0.29, 0.717) is 34.6 Å². The fourth-order valence-corrected chi connectivity index (χ4v) is 3.89. The van der Waals surface area contributed by atoms with Gasteiger partial charge < -0.3 is 9.47 Å². The van der Waals surface area contributed by atoms with Crippen molar-refractivity contribution < 1.29 is 9.47 Å². The van der Waals surface area contributed by atoms with Gasteiger partial charge in [0.15, 0.2) is 11.5 Å². The van der Waals surface area contributed by atoms with Gasteiger partial charge in [0.25, 0.3) is 5.56 Å². The minimum absolute atomic E-state index is 0.204. The standard InChI is InChI=1S/C19H17BrIN3O3/c1-4-17-23-15-6-5-12(20)9-13(15)19(25)24(17)22-10-11-7-14(21)18(27-3)16(8-11)26-2/h5-10H,4H2,1-3H3. The Balaban J connectivity index is 2.12. The molecule has 0 saturated carbocycles. The first kappa shape index (κ1) is 19.8. The Kier molecular flexibility index (Phi) is 6.15. The third-order valence-electron chi connectivity index (χ3n) is 3.97. The molecule has 140 valence electrons. The number of aryl methyl sites for hydroxylation is 1. The van der Waals surface area contributed by atoms with E-state index in [9.17, 15) is 4.79 Å². The van der Waals surface area contributed by atoms with Crippen LogP contribution in [-0.4, -0.2) is 30.1 Å². The Bertz CT molecular complexity index is 1100. The molecule has 0 bridgehead atoms. The summed E-state index contributed by atoms with van der Waals surface area (Å²) in [5.74, 6) is 1.87. The Hall–Kier alpha value is -1.94. The van der Waals surface area contributed by atoms with Crippen molar-refractivity contribution in [3.05, 3.63) is 60.1 Å². The van der Waals surface area contributed by atoms with Gasteiger partial charge in [-0.25, -0.2) is 4.98 Å². The van der Waals surface area contributed by atoms with Gasteiger partial charge >= 0.3 is 0 Å². The smallest absolute Gasteiger partial charge is 0.282 e. The summed E-state index contributed by atoms with van der Waals surface area (Å²) >= 11 is 5.57. The molecule has 1 heterocycles. The number of fused-ring (bicyclic) bond motifs is 1. The number of hydrogen-bond acceptors (Lipinski definition) is 5. The van der Waals surface area contributed by atoms with E-state index in [4.69, 9.17) is 9.47 Å². The van der Waals surface area contributed by atoms with E-state index in [1.54, 1.807) is 26.5 Å². The Morgan fingerprint density at radius 2 is 2.04 bits per heavy atom.